The molecule has 1 atom stereocenters. The zero-order valence-electron chi connectivity index (χ0n) is 11.7. The fourth-order valence-corrected chi connectivity index (χ4v) is 2.84. The molecule has 2 N–H and O–H groups in total. The van der Waals surface area contributed by atoms with Crippen LogP contribution in [-0.4, -0.2) is 30.1 Å². The van der Waals surface area contributed by atoms with Crippen LogP contribution in [0.15, 0.2) is 24.3 Å². The molecule has 1 rings (SSSR count). The number of rotatable bonds is 8. The molecule has 0 aliphatic rings. The van der Waals surface area contributed by atoms with Crippen LogP contribution in [0.3, 0.4) is 0 Å². The molecule has 2 nitrogen and oxygen atoms in total. The molecule has 0 amide bonds. The molecule has 0 fully saturated rings. The highest BCUT2D eigenvalue weighted by Gasteiger charge is 2.19. The van der Waals surface area contributed by atoms with Gasteiger partial charge in [0.25, 0.3) is 0 Å². The molecule has 0 aliphatic heterocycles. The van der Waals surface area contributed by atoms with E-state index in [1.807, 2.05) is 18.8 Å². The maximum atomic E-state index is 9.29. The Balaban J connectivity index is 2.22. The van der Waals surface area contributed by atoms with Gasteiger partial charge in [0.15, 0.2) is 0 Å². The summed E-state index contributed by atoms with van der Waals surface area (Å²) in [5.41, 5.74) is 2.69. The van der Waals surface area contributed by atoms with Crippen LogP contribution in [0.25, 0.3) is 0 Å². The molecule has 18 heavy (non-hydrogen) atoms. The molecule has 0 saturated heterocycles. The largest absolute Gasteiger partial charge is 0.394 e. The van der Waals surface area contributed by atoms with Gasteiger partial charge in [-0.05, 0) is 50.6 Å². The molecule has 0 aromatic heterocycles. The highest BCUT2D eigenvalue weighted by atomic mass is 32.2. The number of hydrogen-bond donors (Lipinski definition) is 2. The third-order valence-electron chi connectivity index (χ3n) is 3.49. The van der Waals surface area contributed by atoms with Crippen LogP contribution in [0, 0.1) is 6.92 Å². The van der Waals surface area contributed by atoms with Gasteiger partial charge in [-0.2, -0.15) is 11.8 Å². The molecular weight excluding hydrogens is 242 g/mol. The van der Waals surface area contributed by atoms with Gasteiger partial charge in [-0.3, -0.25) is 0 Å². The summed E-state index contributed by atoms with van der Waals surface area (Å²) in [6, 6.07) is 8.56. The van der Waals surface area contributed by atoms with Crippen molar-refractivity contribution < 1.29 is 5.11 Å². The van der Waals surface area contributed by atoms with Gasteiger partial charge in [0.1, 0.15) is 0 Å². The third-order valence-corrected chi connectivity index (χ3v) is 4.58. The summed E-state index contributed by atoms with van der Waals surface area (Å²) in [5.74, 6) is 2.23. The summed E-state index contributed by atoms with van der Waals surface area (Å²) in [6.45, 7) is 4.44. The normalized spacial score (nSPS) is 14.4. The van der Waals surface area contributed by atoms with Crippen LogP contribution in [0.2, 0.25) is 0 Å². The predicted molar refractivity (Wildman–Crippen MR) is 81.1 cm³/mol. The lowest BCUT2D eigenvalue weighted by molar-refractivity contribution is 0.173. The number of nitrogens with one attached hydrogen (secondary N) is 1. The molecule has 0 aliphatic carbocycles. The summed E-state index contributed by atoms with van der Waals surface area (Å²) in [4.78, 5) is 0. The molecule has 1 unspecified atom stereocenters. The summed E-state index contributed by atoms with van der Waals surface area (Å²) in [6.07, 6.45) is 2.15. The summed E-state index contributed by atoms with van der Waals surface area (Å²) >= 11 is 1.97. The predicted octanol–water partition coefficient (Wildman–Crippen LogP) is 2.98. The van der Waals surface area contributed by atoms with E-state index in [1.165, 1.54) is 11.1 Å². The smallest absolute Gasteiger partial charge is 0.0610 e. The van der Waals surface area contributed by atoms with Gasteiger partial charge in [-0.15, -0.1) is 0 Å². The van der Waals surface area contributed by atoms with Gasteiger partial charge in [-0.1, -0.05) is 24.3 Å². The van der Waals surface area contributed by atoms with E-state index in [0.29, 0.717) is 0 Å². The fourth-order valence-electron chi connectivity index (χ4n) is 1.80. The van der Waals surface area contributed by atoms with E-state index in [-0.39, 0.29) is 12.1 Å². The Morgan fingerprint density at radius 1 is 1.33 bits per heavy atom. The van der Waals surface area contributed by atoms with Gasteiger partial charge >= 0.3 is 0 Å². The van der Waals surface area contributed by atoms with Crippen LogP contribution in [0.5, 0.6) is 0 Å². The van der Waals surface area contributed by atoms with Gasteiger partial charge in [0.05, 0.1) is 6.61 Å². The number of aryl methyl sites for hydroxylation is 1. The van der Waals surface area contributed by atoms with E-state index < -0.39 is 0 Å². The number of benzene rings is 1. The Morgan fingerprint density at radius 3 is 2.67 bits per heavy atom. The molecule has 0 radical (unpaired) electrons. The summed E-state index contributed by atoms with van der Waals surface area (Å²) in [7, 11) is 1.91. The van der Waals surface area contributed by atoms with Gasteiger partial charge in [0, 0.05) is 11.3 Å². The van der Waals surface area contributed by atoms with Crippen molar-refractivity contribution in [3.63, 3.8) is 0 Å². The second-order valence-corrected chi connectivity index (χ2v) is 6.16. The molecule has 1 aromatic carbocycles. The minimum atomic E-state index is -0.122. The molecule has 3 heteroatoms. The number of aliphatic hydroxyl groups is 1. The number of thioether (sulfide) groups is 1. The Hall–Kier alpha value is -0.510. The van der Waals surface area contributed by atoms with Crippen LogP contribution in [0.4, 0.5) is 0 Å². The fraction of sp³-hybridized carbons (Fsp3) is 0.600. The molecule has 0 spiro atoms. The molecule has 0 bridgehead atoms. The summed E-state index contributed by atoms with van der Waals surface area (Å²) in [5, 5.41) is 12.5. The summed E-state index contributed by atoms with van der Waals surface area (Å²) < 4.78 is 0. The minimum Gasteiger partial charge on any atom is -0.394 e. The zero-order chi connectivity index (χ0) is 13.4. The van der Waals surface area contributed by atoms with Crippen molar-refractivity contribution in [3.05, 3.63) is 35.4 Å². The van der Waals surface area contributed by atoms with Crippen molar-refractivity contribution in [2.75, 3.05) is 19.4 Å². The SMILES string of the molecule is CNC(C)(CO)CCCSCc1ccccc1C. The van der Waals surface area contributed by atoms with E-state index >= 15 is 0 Å². The zero-order valence-corrected chi connectivity index (χ0v) is 12.5. The maximum absolute atomic E-state index is 9.29. The standard InChI is InChI=1S/C15H25NOS/c1-13-7-4-5-8-14(13)11-18-10-6-9-15(2,12-17)16-3/h4-5,7-8,16-17H,6,9-12H2,1-3H3. The third kappa shape index (κ3) is 5.01. The highest BCUT2D eigenvalue weighted by Crippen LogP contribution is 2.19. The molecule has 0 saturated carbocycles. The van der Waals surface area contributed by atoms with Crippen LogP contribution < -0.4 is 5.32 Å². The number of aliphatic hydroxyl groups excluding tert-OH is 1. The van der Waals surface area contributed by atoms with E-state index in [2.05, 4.69) is 43.4 Å². The van der Waals surface area contributed by atoms with Gasteiger partial charge in [0.2, 0.25) is 0 Å². The Morgan fingerprint density at radius 2 is 2.06 bits per heavy atom. The van der Waals surface area contributed by atoms with Gasteiger partial charge in [-0.25, -0.2) is 0 Å². The molecule has 1 aromatic rings. The lowest BCUT2D eigenvalue weighted by Crippen LogP contribution is -2.43. The number of likely N-dealkylation sites (N-methyl/N-ethyl adjacent to an activating group) is 1. The first kappa shape index (κ1) is 15.5. The lowest BCUT2D eigenvalue weighted by Gasteiger charge is -2.26. The van der Waals surface area contributed by atoms with Crippen LogP contribution in [0.1, 0.15) is 30.9 Å². The van der Waals surface area contributed by atoms with E-state index in [0.717, 1.165) is 24.3 Å². The van der Waals surface area contributed by atoms with Crippen molar-refractivity contribution in [1.82, 2.24) is 5.32 Å². The first-order chi connectivity index (χ1) is 8.61. The van der Waals surface area contributed by atoms with Gasteiger partial charge < -0.3 is 10.4 Å². The first-order valence-corrected chi connectivity index (χ1v) is 7.69. The molecule has 0 heterocycles. The lowest BCUT2D eigenvalue weighted by atomic mass is 9.98. The van der Waals surface area contributed by atoms with E-state index in [4.69, 9.17) is 0 Å². The second-order valence-electron chi connectivity index (χ2n) is 5.05. The Kier molecular flexibility index (Phi) is 6.76. The van der Waals surface area contributed by atoms with Crippen molar-refractivity contribution in [3.8, 4) is 0 Å². The van der Waals surface area contributed by atoms with Crippen molar-refractivity contribution in [1.29, 1.82) is 0 Å². The number of hydrogen-bond acceptors (Lipinski definition) is 3. The van der Waals surface area contributed by atoms with E-state index in [1.54, 1.807) is 0 Å². The second kappa shape index (κ2) is 7.82. The minimum absolute atomic E-state index is 0.122. The van der Waals surface area contributed by atoms with E-state index in [9.17, 15) is 5.11 Å². The molecule has 102 valence electrons. The van der Waals surface area contributed by atoms with Crippen molar-refractivity contribution in [2.45, 2.75) is 38.0 Å². The highest BCUT2D eigenvalue weighted by molar-refractivity contribution is 7.98. The monoisotopic (exact) mass is 267 g/mol. The van der Waals surface area contributed by atoms with Crippen molar-refractivity contribution in [2.24, 2.45) is 0 Å². The topological polar surface area (TPSA) is 32.3 Å². The van der Waals surface area contributed by atoms with Crippen molar-refractivity contribution >= 4 is 11.8 Å². The average Bonchev–Trinajstić information content (AvgIpc) is 2.40. The maximum Gasteiger partial charge on any atom is 0.0610 e. The first-order valence-electron chi connectivity index (χ1n) is 6.53. The average molecular weight is 267 g/mol. The quantitative estimate of drug-likeness (QED) is 0.710. The Bertz CT molecular complexity index is 350. The van der Waals surface area contributed by atoms with Crippen LogP contribution in [-0.2, 0) is 5.75 Å². The van der Waals surface area contributed by atoms with Crippen LogP contribution >= 0.6 is 11.8 Å². The molecular formula is C15H25NOS. The Labute approximate surface area is 115 Å².